The lowest BCUT2D eigenvalue weighted by molar-refractivity contribution is 0.414. The maximum Gasteiger partial charge on any atom is 0.118 e. The number of methoxy groups -OCH3 is 1. The Hall–Kier alpha value is -1.85. The molecular formula is C16H24N4O. The Morgan fingerprint density at radius 1 is 1.29 bits per heavy atom. The van der Waals surface area contributed by atoms with Crippen LogP contribution in [0.1, 0.15) is 23.9 Å². The molecule has 1 aromatic heterocycles. The second-order valence-electron chi connectivity index (χ2n) is 5.22. The van der Waals surface area contributed by atoms with Gasteiger partial charge in [0.05, 0.1) is 12.8 Å². The highest BCUT2D eigenvalue weighted by Gasteiger charge is 2.12. The third-order valence-electron chi connectivity index (χ3n) is 3.72. The molecule has 0 aliphatic rings. The number of hydrazine groups is 1. The molecule has 5 heteroatoms. The van der Waals surface area contributed by atoms with Crippen molar-refractivity contribution in [3.63, 3.8) is 0 Å². The van der Waals surface area contributed by atoms with Gasteiger partial charge in [-0.3, -0.25) is 16.0 Å². The zero-order valence-corrected chi connectivity index (χ0v) is 13.0. The van der Waals surface area contributed by atoms with Crippen LogP contribution < -0.4 is 16.0 Å². The molecule has 3 N–H and O–H groups in total. The molecule has 0 aliphatic carbocycles. The van der Waals surface area contributed by atoms with Gasteiger partial charge in [0.25, 0.3) is 0 Å². The van der Waals surface area contributed by atoms with Crippen LogP contribution in [0, 0.1) is 0 Å². The summed E-state index contributed by atoms with van der Waals surface area (Å²) in [4.78, 5) is 0. The molecule has 0 saturated carbocycles. The Kier molecular flexibility index (Phi) is 5.36. The number of hydrogen-bond acceptors (Lipinski definition) is 4. The molecular weight excluding hydrogens is 264 g/mol. The predicted octanol–water partition coefficient (Wildman–Crippen LogP) is 1.61. The van der Waals surface area contributed by atoms with Crippen molar-refractivity contribution in [2.75, 3.05) is 7.11 Å². The zero-order chi connectivity index (χ0) is 15.2. The Morgan fingerprint density at radius 2 is 2.00 bits per heavy atom. The van der Waals surface area contributed by atoms with Gasteiger partial charge in [-0.05, 0) is 36.6 Å². The summed E-state index contributed by atoms with van der Waals surface area (Å²) >= 11 is 0. The van der Waals surface area contributed by atoms with E-state index in [1.807, 2.05) is 23.9 Å². The molecule has 21 heavy (non-hydrogen) atoms. The molecule has 1 unspecified atom stereocenters. The van der Waals surface area contributed by atoms with Crippen molar-refractivity contribution in [2.24, 2.45) is 12.9 Å². The van der Waals surface area contributed by atoms with Crippen LogP contribution in [0.4, 0.5) is 0 Å². The average Bonchev–Trinajstić information content (AvgIpc) is 2.87. The van der Waals surface area contributed by atoms with Gasteiger partial charge in [0.1, 0.15) is 5.75 Å². The van der Waals surface area contributed by atoms with E-state index in [4.69, 9.17) is 10.6 Å². The van der Waals surface area contributed by atoms with Gasteiger partial charge in [0, 0.05) is 25.2 Å². The zero-order valence-electron chi connectivity index (χ0n) is 13.0. The fourth-order valence-corrected chi connectivity index (χ4v) is 2.42. The summed E-state index contributed by atoms with van der Waals surface area (Å²) in [5.41, 5.74) is 6.46. The highest BCUT2D eigenvalue weighted by atomic mass is 16.5. The molecule has 0 spiro atoms. The fourth-order valence-electron chi connectivity index (χ4n) is 2.42. The minimum atomic E-state index is 0.179. The first-order valence-corrected chi connectivity index (χ1v) is 7.27. The fraction of sp³-hybridized carbons (Fsp3) is 0.438. The third kappa shape index (κ3) is 4.06. The van der Waals surface area contributed by atoms with Crippen LogP contribution in [0.5, 0.6) is 5.75 Å². The standard InChI is InChI=1S/C16H24N4O/c1-4-13-10-15(20(2)19-13)11-14(18-17)9-12-5-7-16(21-3)8-6-12/h5-8,10,14,18H,4,9,11,17H2,1-3H3. The summed E-state index contributed by atoms with van der Waals surface area (Å²) in [5, 5.41) is 4.48. The first-order valence-electron chi connectivity index (χ1n) is 7.27. The van der Waals surface area contributed by atoms with Crippen molar-refractivity contribution in [3.8, 4) is 5.75 Å². The molecule has 114 valence electrons. The maximum absolute atomic E-state index is 5.71. The third-order valence-corrected chi connectivity index (χ3v) is 3.72. The van der Waals surface area contributed by atoms with Crippen molar-refractivity contribution < 1.29 is 4.74 Å². The van der Waals surface area contributed by atoms with Gasteiger partial charge in [0.15, 0.2) is 0 Å². The van der Waals surface area contributed by atoms with Crippen LogP contribution >= 0.6 is 0 Å². The number of benzene rings is 1. The highest BCUT2D eigenvalue weighted by molar-refractivity contribution is 5.28. The van der Waals surface area contributed by atoms with Gasteiger partial charge in [-0.25, -0.2) is 0 Å². The minimum absolute atomic E-state index is 0.179. The monoisotopic (exact) mass is 288 g/mol. The Balaban J connectivity index is 2.03. The largest absolute Gasteiger partial charge is 0.497 e. The minimum Gasteiger partial charge on any atom is -0.497 e. The molecule has 0 saturated heterocycles. The Bertz CT molecular complexity index is 562. The van der Waals surface area contributed by atoms with Gasteiger partial charge in [-0.2, -0.15) is 5.10 Å². The number of nitrogens with two attached hydrogens (primary N) is 1. The molecule has 0 radical (unpaired) electrons. The van der Waals surface area contributed by atoms with E-state index in [1.165, 1.54) is 11.3 Å². The van der Waals surface area contributed by atoms with Gasteiger partial charge >= 0.3 is 0 Å². The number of nitrogens with one attached hydrogen (secondary N) is 1. The lowest BCUT2D eigenvalue weighted by atomic mass is 10.0. The first kappa shape index (κ1) is 15.5. The van der Waals surface area contributed by atoms with E-state index in [1.54, 1.807) is 7.11 Å². The number of hydrogen-bond donors (Lipinski definition) is 2. The summed E-state index contributed by atoms with van der Waals surface area (Å²) in [6.45, 7) is 2.11. The van der Waals surface area contributed by atoms with Gasteiger partial charge < -0.3 is 4.74 Å². The second kappa shape index (κ2) is 7.24. The quantitative estimate of drug-likeness (QED) is 0.600. The van der Waals surface area contributed by atoms with E-state index in [-0.39, 0.29) is 6.04 Å². The maximum atomic E-state index is 5.71. The normalized spacial score (nSPS) is 12.4. The molecule has 0 amide bonds. The van der Waals surface area contributed by atoms with Crippen LogP contribution in [-0.2, 0) is 26.3 Å². The number of nitrogens with zero attached hydrogens (tertiary/aromatic N) is 2. The molecule has 0 fully saturated rings. The van der Waals surface area contributed by atoms with Gasteiger partial charge in [-0.1, -0.05) is 19.1 Å². The van der Waals surface area contributed by atoms with E-state index in [0.717, 1.165) is 30.7 Å². The average molecular weight is 288 g/mol. The SMILES string of the molecule is CCc1cc(CC(Cc2ccc(OC)cc2)NN)n(C)n1. The van der Waals surface area contributed by atoms with E-state index in [9.17, 15) is 0 Å². The van der Waals surface area contributed by atoms with Crippen molar-refractivity contribution in [2.45, 2.75) is 32.2 Å². The Morgan fingerprint density at radius 3 is 2.52 bits per heavy atom. The molecule has 2 rings (SSSR count). The summed E-state index contributed by atoms with van der Waals surface area (Å²) in [6.07, 6.45) is 2.67. The molecule has 1 atom stereocenters. The molecule has 0 bridgehead atoms. The predicted molar refractivity (Wildman–Crippen MR) is 84.1 cm³/mol. The molecule has 0 aliphatic heterocycles. The first-order chi connectivity index (χ1) is 10.2. The lowest BCUT2D eigenvalue weighted by Gasteiger charge is -2.16. The molecule has 1 heterocycles. The van der Waals surface area contributed by atoms with Crippen molar-refractivity contribution in [1.29, 1.82) is 0 Å². The van der Waals surface area contributed by atoms with Gasteiger partial charge in [0.2, 0.25) is 0 Å². The van der Waals surface area contributed by atoms with Gasteiger partial charge in [-0.15, -0.1) is 0 Å². The molecule has 1 aromatic carbocycles. The number of aromatic nitrogens is 2. The smallest absolute Gasteiger partial charge is 0.118 e. The van der Waals surface area contributed by atoms with Crippen molar-refractivity contribution >= 4 is 0 Å². The van der Waals surface area contributed by atoms with Crippen LogP contribution in [0.2, 0.25) is 0 Å². The van der Waals surface area contributed by atoms with E-state index < -0.39 is 0 Å². The summed E-state index contributed by atoms with van der Waals surface area (Å²) in [6, 6.07) is 10.4. The second-order valence-corrected chi connectivity index (χ2v) is 5.22. The van der Waals surface area contributed by atoms with Crippen LogP contribution in [-0.4, -0.2) is 22.9 Å². The van der Waals surface area contributed by atoms with Crippen LogP contribution in [0.15, 0.2) is 30.3 Å². The van der Waals surface area contributed by atoms with E-state index in [2.05, 4.69) is 35.6 Å². The summed E-state index contributed by atoms with van der Waals surface area (Å²) < 4.78 is 7.12. The number of ether oxygens (including phenoxy) is 1. The lowest BCUT2D eigenvalue weighted by Crippen LogP contribution is -2.38. The number of rotatable bonds is 7. The highest BCUT2D eigenvalue weighted by Crippen LogP contribution is 2.14. The topological polar surface area (TPSA) is 65.1 Å². The summed E-state index contributed by atoms with van der Waals surface area (Å²) in [5.74, 6) is 6.58. The van der Waals surface area contributed by atoms with Crippen LogP contribution in [0.3, 0.4) is 0 Å². The van der Waals surface area contributed by atoms with E-state index in [0.29, 0.717) is 0 Å². The van der Waals surface area contributed by atoms with Crippen molar-refractivity contribution in [1.82, 2.24) is 15.2 Å². The number of aryl methyl sites for hydroxylation is 2. The van der Waals surface area contributed by atoms with Crippen molar-refractivity contribution in [3.05, 3.63) is 47.3 Å². The summed E-state index contributed by atoms with van der Waals surface area (Å²) in [7, 11) is 3.66. The van der Waals surface area contributed by atoms with Crippen LogP contribution in [0.25, 0.3) is 0 Å². The Labute approximate surface area is 126 Å². The van der Waals surface area contributed by atoms with E-state index >= 15 is 0 Å². The molecule has 5 nitrogen and oxygen atoms in total. The molecule has 2 aromatic rings.